The summed E-state index contributed by atoms with van der Waals surface area (Å²) in [6.45, 7) is 0. The van der Waals surface area contributed by atoms with Gasteiger partial charge in [0.25, 0.3) is 5.91 Å². The molecule has 4 N–H and O–H groups in total. The minimum Gasteiger partial charge on any atom is -0.480 e. The van der Waals surface area contributed by atoms with Crippen molar-refractivity contribution < 1.29 is 14.7 Å². The Balaban J connectivity index is 2.62. The van der Waals surface area contributed by atoms with Crippen LogP contribution in [0.2, 0.25) is 0 Å². The van der Waals surface area contributed by atoms with Gasteiger partial charge in [-0.1, -0.05) is 6.07 Å². The molecule has 1 rings (SSSR count). The molecular formula is C8H9N3O3. The van der Waals surface area contributed by atoms with E-state index in [1.54, 1.807) is 12.1 Å². The molecule has 0 aliphatic heterocycles. The Bertz CT molecular complexity index is 339. The van der Waals surface area contributed by atoms with Gasteiger partial charge in [-0.25, -0.2) is 9.78 Å². The van der Waals surface area contributed by atoms with Crippen molar-refractivity contribution in [3.8, 4) is 0 Å². The van der Waals surface area contributed by atoms with Gasteiger partial charge >= 0.3 is 5.97 Å². The van der Waals surface area contributed by atoms with Gasteiger partial charge in [0, 0.05) is 6.20 Å². The van der Waals surface area contributed by atoms with Crippen LogP contribution in [0.1, 0.15) is 0 Å². The highest BCUT2D eigenvalue weighted by Crippen LogP contribution is 1.99. The lowest BCUT2D eigenvalue weighted by Gasteiger charge is -2.06. The van der Waals surface area contributed by atoms with Gasteiger partial charge in [0.15, 0.2) is 6.04 Å². The summed E-state index contributed by atoms with van der Waals surface area (Å²) < 4.78 is 0. The van der Waals surface area contributed by atoms with Crippen LogP contribution in [0.5, 0.6) is 0 Å². The second-order valence-corrected chi connectivity index (χ2v) is 2.52. The minimum absolute atomic E-state index is 0.272. The number of nitrogens with two attached hydrogens (primary N) is 1. The molecule has 6 nitrogen and oxygen atoms in total. The van der Waals surface area contributed by atoms with Crippen molar-refractivity contribution in [2.24, 2.45) is 5.73 Å². The zero-order valence-corrected chi connectivity index (χ0v) is 7.18. The molecule has 0 aliphatic rings. The predicted molar refractivity (Wildman–Crippen MR) is 48.5 cm³/mol. The maximum Gasteiger partial charge on any atom is 0.330 e. The number of rotatable bonds is 3. The Labute approximate surface area is 79.8 Å². The zero-order valence-electron chi connectivity index (χ0n) is 7.18. The third kappa shape index (κ3) is 2.53. The predicted octanol–water partition coefficient (Wildman–Crippen LogP) is -0.568. The van der Waals surface area contributed by atoms with Crippen molar-refractivity contribution in [1.82, 2.24) is 4.98 Å². The normalized spacial score (nSPS) is 11.8. The monoisotopic (exact) mass is 195 g/mol. The van der Waals surface area contributed by atoms with Crippen molar-refractivity contribution in [3.05, 3.63) is 24.4 Å². The lowest BCUT2D eigenvalue weighted by atomic mass is 10.3. The van der Waals surface area contributed by atoms with Crippen LogP contribution >= 0.6 is 0 Å². The van der Waals surface area contributed by atoms with Crippen molar-refractivity contribution in [2.45, 2.75) is 6.04 Å². The van der Waals surface area contributed by atoms with Gasteiger partial charge in [0.1, 0.15) is 5.82 Å². The minimum atomic E-state index is -1.57. The summed E-state index contributed by atoms with van der Waals surface area (Å²) in [5.74, 6) is -1.90. The van der Waals surface area contributed by atoms with Crippen molar-refractivity contribution >= 4 is 17.7 Å². The van der Waals surface area contributed by atoms with Gasteiger partial charge in [0.05, 0.1) is 0 Å². The lowest BCUT2D eigenvalue weighted by molar-refractivity contribution is -0.141. The number of carboxylic acid groups (broad SMARTS) is 1. The fraction of sp³-hybridized carbons (Fsp3) is 0.125. The summed E-state index contributed by atoms with van der Waals surface area (Å²) in [6.07, 6.45) is 1.47. The molecular weight excluding hydrogens is 186 g/mol. The van der Waals surface area contributed by atoms with E-state index in [0.717, 1.165) is 0 Å². The largest absolute Gasteiger partial charge is 0.480 e. The number of amides is 1. The number of carbonyl (C=O) groups is 2. The zero-order chi connectivity index (χ0) is 10.6. The van der Waals surface area contributed by atoms with E-state index in [1.807, 2.05) is 0 Å². The van der Waals surface area contributed by atoms with E-state index < -0.39 is 17.9 Å². The number of carbonyl (C=O) groups excluding carboxylic acids is 1. The van der Waals surface area contributed by atoms with E-state index >= 15 is 0 Å². The van der Waals surface area contributed by atoms with Crippen LogP contribution in [-0.2, 0) is 9.59 Å². The number of anilines is 1. The molecule has 14 heavy (non-hydrogen) atoms. The van der Waals surface area contributed by atoms with Crippen LogP contribution < -0.4 is 11.1 Å². The van der Waals surface area contributed by atoms with Crippen LogP contribution in [0, 0.1) is 0 Å². The molecule has 0 radical (unpaired) electrons. The molecule has 6 heteroatoms. The van der Waals surface area contributed by atoms with E-state index in [2.05, 4.69) is 10.3 Å². The first-order chi connectivity index (χ1) is 6.61. The molecule has 1 heterocycles. The number of nitrogens with zero attached hydrogens (tertiary/aromatic N) is 1. The third-order valence-electron chi connectivity index (χ3n) is 1.46. The highest BCUT2D eigenvalue weighted by molar-refractivity contribution is 6.07. The Morgan fingerprint density at radius 1 is 1.50 bits per heavy atom. The first-order valence-corrected chi connectivity index (χ1v) is 3.81. The molecule has 0 saturated heterocycles. The van der Waals surface area contributed by atoms with Crippen LogP contribution in [0.3, 0.4) is 0 Å². The van der Waals surface area contributed by atoms with Gasteiger partial charge in [-0.05, 0) is 12.1 Å². The Morgan fingerprint density at radius 2 is 2.21 bits per heavy atom. The topological polar surface area (TPSA) is 105 Å². The molecule has 1 amide bonds. The lowest BCUT2D eigenvalue weighted by Crippen LogP contribution is -2.42. The summed E-state index contributed by atoms with van der Waals surface area (Å²) in [5, 5.41) is 10.7. The third-order valence-corrected chi connectivity index (χ3v) is 1.46. The van der Waals surface area contributed by atoms with E-state index in [1.165, 1.54) is 12.3 Å². The van der Waals surface area contributed by atoms with Gasteiger partial charge in [0.2, 0.25) is 0 Å². The molecule has 1 atom stereocenters. The van der Waals surface area contributed by atoms with Crippen molar-refractivity contribution in [3.63, 3.8) is 0 Å². The summed E-state index contributed by atoms with van der Waals surface area (Å²) in [7, 11) is 0. The number of hydrogen-bond acceptors (Lipinski definition) is 4. The van der Waals surface area contributed by atoms with Gasteiger partial charge < -0.3 is 16.2 Å². The number of nitrogens with one attached hydrogen (secondary N) is 1. The first kappa shape index (κ1) is 10.1. The molecule has 0 aliphatic carbocycles. The summed E-state index contributed by atoms with van der Waals surface area (Å²) in [5.41, 5.74) is 5.07. The van der Waals surface area contributed by atoms with E-state index in [4.69, 9.17) is 10.8 Å². The van der Waals surface area contributed by atoms with Crippen LogP contribution in [0.25, 0.3) is 0 Å². The average Bonchev–Trinajstić information content (AvgIpc) is 2.18. The van der Waals surface area contributed by atoms with E-state index in [0.29, 0.717) is 0 Å². The second-order valence-electron chi connectivity index (χ2n) is 2.52. The number of aromatic nitrogens is 1. The fourth-order valence-corrected chi connectivity index (χ4v) is 0.753. The Hall–Kier alpha value is -1.95. The molecule has 0 fully saturated rings. The van der Waals surface area contributed by atoms with Crippen LogP contribution in [-0.4, -0.2) is 28.0 Å². The SMILES string of the molecule is NC(C(=O)O)C(=O)Nc1ccccn1. The average molecular weight is 195 g/mol. The molecule has 0 aromatic carbocycles. The van der Waals surface area contributed by atoms with Gasteiger partial charge in [-0.15, -0.1) is 0 Å². The maximum atomic E-state index is 11.1. The molecule has 1 unspecified atom stereocenters. The Kier molecular flexibility index (Phi) is 3.14. The molecule has 1 aromatic rings. The first-order valence-electron chi connectivity index (χ1n) is 3.81. The summed E-state index contributed by atoms with van der Waals surface area (Å²) in [4.78, 5) is 25.2. The Morgan fingerprint density at radius 3 is 2.71 bits per heavy atom. The second kappa shape index (κ2) is 4.33. The highest BCUT2D eigenvalue weighted by Gasteiger charge is 2.21. The number of pyridine rings is 1. The summed E-state index contributed by atoms with van der Waals surface area (Å²) >= 11 is 0. The number of aliphatic carboxylic acids is 1. The van der Waals surface area contributed by atoms with Crippen molar-refractivity contribution in [2.75, 3.05) is 5.32 Å². The van der Waals surface area contributed by atoms with Crippen molar-refractivity contribution in [1.29, 1.82) is 0 Å². The molecule has 1 aromatic heterocycles. The fourth-order valence-electron chi connectivity index (χ4n) is 0.753. The molecule has 0 spiro atoms. The van der Waals surface area contributed by atoms with Gasteiger partial charge in [-0.3, -0.25) is 4.79 Å². The van der Waals surface area contributed by atoms with E-state index in [9.17, 15) is 9.59 Å². The van der Waals surface area contributed by atoms with E-state index in [-0.39, 0.29) is 5.82 Å². The molecule has 0 bridgehead atoms. The van der Waals surface area contributed by atoms with Crippen LogP contribution in [0.4, 0.5) is 5.82 Å². The standard InChI is InChI=1S/C8H9N3O3/c9-6(8(13)14)7(12)11-5-3-1-2-4-10-5/h1-4,6H,9H2,(H,13,14)(H,10,11,12). The van der Waals surface area contributed by atoms with Gasteiger partial charge in [-0.2, -0.15) is 0 Å². The molecule has 74 valence electrons. The highest BCUT2D eigenvalue weighted by atomic mass is 16.4. The maximum absolute atomic E-state index is 11.1. The number of carboxylic acids is 1. The smallest absolute Gasteiger partial charge is 0.330 e. The number of hydrogen-bond donors (Lipinski definition) is 3. The molecule has 0 saturated carbocycles. The van der Waals surface area contributed by atoms with Crippen LogP contribution in [0.15, 0.2) is 24.4 Å². The quantitative estimate of drug-likeness (QED) is 0.560. The summed E-state index contributed by atoms with van der Waals surface area (Å²) in [6, 6.07) is 3.30.